The molecule has 6 heteroatoms. The lowest BCUT2D eigenvalue weighted by Crippen LogP contribution is -2.12. The monoisotopic (exact) mass is 377 g/mol. The van der Waals surface area contributed by atoms with Crippen LogP contribution in [-0.2, 0) is 6.42 Å². The molecule has 2 aromatic heterocycles. The summed E-state index contributed by atoms with van der Waals surface area (Å²) in [6.45, 7) is 0. The molecule has 27 heavy (non-hydrogen) atoms. The minimum atomic E-state index is -0.0475. The van der Waals surface area contributed by atoms with Crippen LogP contribution in [0.5, 0.6) is 11.5 Å². The lowest BCUT2D eigenvalue weighted by Gasteiger charge is -2.07. The first-order chi connectivity index (χ1) is 13.1. The molecule has 0 atom stereocenters. The summed E-state index contributed by atoms with van der Waals surface area (Å²) < 4.78 is 7.40. The lowest BCUT2D eigenvalue weighted by atomic mass is 10.1. The van der Waals surface area contributed by atoms with Crippen LogP contribution < -0.4 is 10.5 Å². The second kappa shape index (κ2) is 7.13. The third-order valence-corrected chi connectivity index (χ3v) is 4.48. The molecule has 0 fully saturated rings. The summed E-state index contributed by atoms with van der Waals surface area (Å²) in [6, 6.07) is 18.4. The van der Waals surface area contributed by atoms with E-state index in [0.29, 0.717) is 28.8 Å². The van der Waals surface area contributed by atoms with Crippen molar-refractivity contribution in [3.8, 4) is 11.5 Å². The summed E-state index contributed by atoms with van der Waals surface area (Å²) in [7, 11) is 0. The van der Waals surface area contributed by atoms with E-state index in [1.54, 1.807) is 41.2 Å². The Morgan fingerprint density at radius 3 is 2.63 bits per heavy atom. The van der Waals surface area contributed by atoms with E-state index in [1.165, 1.54) is 0 Å². The summed E-state index contributed by atoms with van der Waals surface area (Å²) in [4.78, 5) is 16.6. The number of nitrogens with zero attached hydrogens (tertiary/aromatic N) is 2. The number of anilines is 1. The number of halogens is 1. The van der Waals surface area contributed by atoms with Gasteiger partial charge in [0.15, 0.2) is 0 Å². The number of hydrogen-bond acceptors (Lipinski definition) is 4. The maximum absolute atomic E-state index is 12.7. The Labute approximate surface area is 161 Å². The van der Waals surface area contributed by atoms with Crippen molar-refractivity contribution in [1.29, 1.82) is 0 Å². The molecule has 2 aromatic carbocycles. The number of benzene rings is 2. The first-order valence-corrected chi connectivity index (χ1v) is 8.75. The van der Waals surface area contributed by atoms with E-state index in [9.17, 15) is 4.79 Å². The molecule has 0 saturated carbocycles. The van der Waals surface area contributed by atoms with E-state index in [-0.39, 0.29) is 5.91 Å². The van der Waals surface area contributed by atoms with Gasteiger partial charge in [0.2, 0.25) is 5.91 Å². The highest BCUT2D eigenvalue weighted by Crippen LogP contribution is 2.31. The fourth-order valence-corrected chi connectivity index (χ4v) is 3.17. The molecule has 0 saturated heterocycles. The Hall–Kier alpha value is -3.31. The maximum atomic E-state index is 12.7. The molecule has 0 aliphatic carbocycles. The van der Waals surface area contributed by atoms with Crippen molar-refractivity contribution >= 4 is 34.2 Å². The molecule has 0 amide bonds. The van der Waals surface area contributed by atoms with E-state index < -0.39 is 0 Å². The van der Waals surface area contributed by atoms with Gasteiger partial charge in [-0.15, -0.1) is 0 Å². The number of nitrogen functional groups attached to an aromatic ring is 1. The molecule has 2 heterocycles. The zero-order valence-electron chi connectivity index (χ0n) is 14.3. The van der Waals surface area contributed by atoms with Crippen LogP contribution in [0.3, 0.4) is 0 Å². The molecule has 0 bridgehead atoms. The van der Waals surface area contributed by atoms with E-state index in [1.807, 2.05) is 36.4 Å². The molecule has 0 unspecified atom stereocenters. The molecule has 2 N–H and O–H groups in total. The molecule has 0 aliphatic rings. The number of carbonyl (C=O) groups excluding carboxylic acids is 1. The van der Waals surface area contributed by atoms with Gasteiger partial charge in [0, 0.05) is 23.8 Å². The largest absolute Gasteiger partial charge is 0.457 e. The van der Waals surface area contributed by atoms with E-state index in [4.69, 9.17) is 22.1 Å². The molecule has 5 nitrogen and oxygen atoms in total. The predicted octanol–water partition coefficient (Wildman–Crippen LogP) is 4.95. The van der Waals surface area contributed by atoms with Crippen LogP contribution in [0.1, 0.15) is 10.4 Å². The van der Waals surface area contributed by atoms with Crippen LogP contribution in [0.4, 0.5) is 5.82 Å². The van der Waals surface area contributed by atoms with Crippen molar-refractivity contribution in [3.05, 3.63) is 83.6 Å². The average Bonchev–Trinajstić information content (AvgIpc) is 2.99. The van der Waals surface area contributed by atoms with Crippen molar-refractivity contribution in [2.24, 2.45) is 0 Å². The van der Waals surface area contributed by atoms with Crippen LogP contribution in [0.2, 0.25) is 5.02 Å². The Balaban J connectivity index is 1.64. The zero-order chi connectivity index (χ0) is 18.8. The Kier molecular flexibility index (Phi) is 4.52. The molecular weight excluding hydrogens is 362 g/mol. The van der Waals surface area contributed by atoms with E-state index in [2.05, 4.69) is 4.98 Å². The molecular formula is C21H16ClN3O2. The molecule has 0 aliphatic heterocycles. The summed E-state index contributed by atoms with van der Waals surface area (Å²) in [6.07, 6.45) is 3.52. The highest BCUT2D eigenvalue weighted by atomic mass is 35.5. The fraction of sp³-hybridized carbons (Fsp3) is 0.0476. The summed E-state index contributed by atoms with van der Waals surface area (Å²) in [5.74, 6) is 1.51. The SMILES string of the molecule is Nc1cc(Oc2ccc3c(c2)c(Cl)cn3C(=O)Cc2ccccc2)ccn1. The summed E-state index contributed by atoms with van der Waals surface area (Å²) in [5.41, 5.74) is 7.37. The van der Waals surface area contributed by atoms with Gasteiger partial charge in [0.05, 0.1) is 17.0 Å². The number of hydrogen-bond donors (Lipinski definition) is 1. The minimum Gasteiger partial charge on any atom is -0.457 e. The van der Waals surface area contributed by atoms with Crippen molar-refractivity contribution in [2.45, 2.75) is 6.42 Å². The van der Waals surface area contributed by atoms with Crippen molar-refractivity contribution < 1.29 is 9.53 Å². The smallest absolute Gasteiger partial charge is 0.235 e. The number of ether oxygens (including phenoxy) is 1. The van der Waals surface area contributed by atoms with Crippen LogP contribution in [-0.4, -0.2) is 15.5 Å². The number of nitrogens with two attached hydrogens (primary N) is 1. The standard InChI is InChI=1S/C21H16ClN3O2/c22-18-13-25(21(26)10-14-4-2-1-3-5-14)19-7-6-15(11-17(18)19)27-16-8-9-24-20(23)12-16/h1-9,11-13H,10H2,(H2,23,24). The van der Waals surface area contributed by atoms with Gasteiger partial charge < -0.3 is 10.5 Å². The van der Waals surface area contributed by atoms with Crippen LogP contribution in [0.25, 0.3) is 10.9 Å². The summed E-state index contributed by atoms with van der Waals surface area (Å²) in [5, 5.41) is 1.24. The van der Waals surface area contributed by atoms with Gasteiger partial charge in [-0.3, -0.25) is 9.36 Å². The Morgan fingerprint density at radius 2 is 1.85 bits per heavy atom. The number of carbonyl (C=O) groups is 1. The minimum absolute atomic E-state index is 0.0475. The predicted molar refractivity (Wildman–Crippen MR) is 106 cm³/mol. The second-order valence-corrected chi connectivity index (χ2v) is 6.51. The number of pyridine rings is 1. The molecule has 4 rings (SSSR count). The lowest BCUT2D eigenvalue weighted by molar-refractivity contribution is 0.0919. The van der Waals surface area contributed by atoms with Gasteiger partial charge in [-0.1, -0.05) is 41.9 Å². The fourth-order valence-electron chi connectivity index (χ4n) is 2.92. The maximum Gasteiger partial charge on any atom is 0.235 e. The number of rotatable bonds is 4. The molecule has 0 spiro atoms. The van der Waals surface area contributed by atoms with Gasteiger partial charge >= 0.3 is 0 Å². The molecule has 0 radical (unpaired) electrons. The van der Waals surface area contributed by atoms with Crippen LogP contribution in [0.15, 0.2) is 73.1 Å². The third-order valence-electron chi connectivity index (χ3n) is 4.18. The Morgan fingerprint density at radius 1 is 1.07 bits per heavy atom. The molecule has 4 aromatic rings. The van der Waals surface area contributed by atoms with Gasteiger partial charge in [-0.2, -0.15) is 0 Å². The van der Waals surface area contributed by atoms with Gasteiger partial charge in [-0.05, 0) is 29.8 Å². The van der Waals surface area contributed by atoms with Crippen molar-refractivity contribution in [1.82, 2.24) is 9.55 Å². The van der Waals surface area contributed by atoms with Crippen molar-refractivity contribution in [2.75, 3.05) is 5.73 Å². The summed E-state index contributed by atoms with van der Waals surface area (Å²) >= 11 is 6.37. The van der Waals surface area contributed by atoms with E-state index in [0.717, 1.165) is 16.5 Å². The van der Waals surface area contributed by atoms with Gasteiger partial charge in [0.1, 0.15) is 17.3 Å². The quantitative estimate of drug-likeness (QED) is 0.546. The van der Waals surface area contributed by atoms with Crippen LogP contribution >= 0.6 is 11.6 Å². The van der Waals surface area contributed by atoms with E-state index >= 15 is 0 Å². The van der Waals surface area contributed by atoms with Crippen LogP contribution in [0, 0.1) is 0 Å². The van der Waals surface area contributed by atoms with Gasteiger partial charge in [0.25, 0.3) is 0 Å². The first kappa shape index (κ1) is 17.1. The second-order valence-electron chi connectivity index (χ2n) is 6.10. The Bertz CT molecular complexity index is 1120. The highest BCUT2D eigenvalue weighted by Gasteiger charge is 2.14. The zero-order valence-corrected chi connectivity index (χ0v) is 15.1. The highest BCUT2D eigenvalue weighted by molar-refractivity contribution is 6.36. The van der Waals surface area contributed by atoms with Crippen molar-refractivity contribution in [3.63, 3.8) is 0 Å². The number of fused-ring (bicyclic) bond motifs is 1. The normalized spacial score (nSPS) is 10.9. The molecule has 134 valence electrons. The van der Waals surface area contributed by atoms with Gasteiger partial charge in [-0.25, -0.2) is 4.98 Å². The number of aromatic nitrogens is 2. The topological polar surface area (TPSA) is 70.1 Å². The third kappa shape index (κ3) is 3.64. The average molecular weight is 378 g/mol. The first-order valence-electron chi connectivity index (χ1n) is 8.37.